The fourth-order valence-corrected chi connectivity index (χ4v) is 4.49. The van der Waals surface area contributed by atoms with Crippen LogP contribution < -0.4 is 10.2 Å². The molecule has 8 nitrogen and oxygen atoms in total. The summed E-state index contributed by atoms with van der Waals surface area (Å²) in [5, 5.41) is 13.0. The summed E-state index contributed by atoms with van der Waals surface area (Å²) >= 11 is 1.53. The largest absolute Gasteiger partial charge is 0.448 e. The number of thiazole rings is 1. The Morgan fingerprint density at radius 3 is 2.69 bits per heavy atom. The van der Waals surface area contributed by atoms with Crippen LogP contribution in [0, 0.1) is 12.8 Å². The maximum Gasteiger partial charge on any atom is 0.277 e. The van der Waals surface area contributed by atoms with E-state index in [-0.39, 0.29) is 18.1 Å². The van der Waals surface area contributed by atoms with Crippen LogP contribution in [0.5, 0.6) is 0 Å². The van der Waals surface area contributed by atoms with Gasteiger partial charge in [0.05, 0.1) is 15.9 Å². The standard InChI is InChI=1S/C20H22N4O4S/c1-11(26)14-7-16-18(8-15(14)22-19(27)17-10-28-12(2)21-17)29-20(23-16)24-5-3-13(9-25)4-6-24/h7-8,10,13,25H,3-6,9H2,1-2H3,(H,22,27). The Hall–Kier alpha value is -2.78. The number of aryl methyl sites for hydroxylation is 1. The summed E-state index contributed by atoms with van der Waals surface area (Å²) in [5.41, 5.74) is 1.73. The minimum atomic E-state index is -0.431. The van der Waals surface area contributed by atoms with Crippen molar-refractivity contribution in [3.63, 3.8) is 0 Å². The first-order valence-corrected chi connectivity index (χ1v) is 10.3. The van der Waals surface area contributed by atoms with E-state index in [0.717, 1.165) is 41.3 Å². The van der Waals surface area contributed by atoms with Gasteiger partial charge >= 0.3 is 0 Å². The molecule has 1 aromatic carbocycles. The molecule has 0 radical (unpaired) electrons. The molecule has 1 aliphatic heterocycles. The number of aliphatic hydroxyl groups excluding tert-OH is 1. The third-order valence-corrected chi connectivity index (χ3v) is 6.22. The number of nitrogens with zero attached hydrogens (tertiary/aromatic N) is 3. The number of anilines is 2. The fraction of sp³-hybridized carbons (Fsp3) is 0.400. The van der Waals surface area contributed by atoms with Crippen molar-refractivity contribution in [2.24, 2.45) is 5.92 Å². The Bertz CT molecular complexity index is 1070. The molecule has 0 aliphatic carbocycles. The van der Waals surface area contributed by atoms with E-state index in [0.29, 0.717) is 23.1 Å². The number of amides is 1. The van der Waals surface area contributed by atoms with Gasteiger partial charge in [-0.1, -0.05) is 11.3 Å². The summed E-state index contributed by atoms with van der Waals surface area (Å²) in [5.74, 6) is 0.165. The average Bonchev–Trinajstić information content (AvgIpc) is 3.33. The molecule has 29 heavy (non-hydrogen) atoms. The van der Waals surface area contributed by atoms with Gasteiger partial charge in [0.1, 0.15) is 6.26 Å². The van der Waals surface area contributed by atoms with Crippen LogP contribution in [-0.2, 0) is 0 Å². The predicted octanol–water partition coefficient (Wildman–Crippen LogP) is 3.26. The number of carbonyl (C=O) groups excluding carboxylic acids is 2. The summed E-state index contributed by atoms with van der Waals surface area (Å²) in [6, 6.07) is 3.51. The van der Waals surface area contributed by atoms with Gasteiger partial charge in [0.2, 0.25) is 0 Å². The molecule has 2 aromatic heterocycles. The molecule has 152 valence electrons. The van der Waals surface area contributed by atoms with Crippen LogP contribution in [0.15, 0.2) is 22.8 Å². The summed E-state index contributed by atoms with van der Waals surface area (Å²) in [6.07, 6.45) is 3.16. The molecular weight excluding hydrogens is 392 g/mol. The van der Waals surface area contributed by atoms with Crippen molar-refractivity contribution in [1.29, 1.82) is 0 Å². The van der Waals surface area contributed by atoms with E-state index in [1.807, 2.05) is 0 Å². The first-order valence-electron chi connectivity index (χ1n) is 9.49. The van der Waals surface area contributed by atoms with E-state index in [9.17, 15) is 14.7 Å². The van der Waals surface area contributed by atoms with E-state index in [1.54, 1.807) is 19.1 Å². The quantitative estimate of drug-likeness (QED) is 0.617. The molecule has 1 amide bonds. The third kappa shape index (κ3) is 4.01. The number of benzene rings is 1. The molecular formula is C20H22N4O4S. The number of oxazole rings is 1. The number of hydrogen-bond acceptors (Lipinski definition) is 8. The van der Waals surface area contributed by atoms with Crippen LogP contribution in [0.25, 0.3) is 10.2 Å². The number of fused-ring (bicyclic) bond motifs is 1. The second-order valence-electron chi connectivity index (χ2n) is 7.24. The van der Waals surface area contributed by atoms with Gasteiger partial charge in [0, 0.05) is 32.2 Å². The van der Waals surface area contributed by atoms with Crippen molar-refractivity contribution < 1.29 is 19.1 Å². The summed E-state index contributed by atoms with van der Waals surface area (Å²) in [6.45, 7) is 5.04. The topological polar surface area (TPSA) is 109 Å². The zero-order valence-electron chi connectivity index (χ0n) is 16.3. The van der Waals surface area contributed by atoms with Crippen molar-refractivity contribution in [2.45, 2.75) is 26.7 Å². The lowest BCUT2D eigenvalue weighted by Crippen LogP contribution is -2.34. The minimum Gasteiger partial charge on any atom is -0.448 e. The number of hydrogen-bond donors (Lipinski definition) is 2. The van der Waals surface area contributed by atoms with Gasteiger partial charge in [-0.3, -0.25) is 9.59 Å². The molecule has 0 spiro atoms. The lowest BCUT2D eigenvalue weighted by atomic mass is 9.98. The van der Waals surface area contributed by atoms with Gasteiger partial charge in [-0.05, 0) is 37.8 Å². The Labute approximate surface area is 171 Å². The van der Waals surface area contributed by atoms with Gasteiger partial charge < -0.3 is 19.7 Å². The Morgan fingerprint density at radius 1 is 1.31 bits per heavy atom. The number of Topliss-reactive ketones (excluding diaryl/α,β-unsaturated/α-hetero) is 1. The van der Waals surface area contributed by atoms with E-state index >= 15 is 0 Å². The van der Waals surface area contributed by atoms with Gasteiger partial charge in [-0.2, -0.15) is 0 Å². The number of rotatable bonds is 5. The highest BCUT2D eigenvalue weighted by atomic mass is 32.1. The molecule has 3 heterocycles. The van der Waals surface area contributed by atoms with Gasteiger partial charge in [-0.25, -0.2) is 9.97 Å². The van der Waals surface area contributed by atoms with Crippen LogP contribution in [0.1, 0.15) is 46.5 Å². The molecule has 4 rings (SSSR count). The second-order valence-corrected chi connectivity index (χ2v) is 8.25. The van der Waals surface area contributed by atoms with Gasteiger partial charge in [0.25, 0.3) is 5.91 Å². The van der Waals surface area contributed by atoms with E-state index < -0.39 is 5.91 Å². The second kappa shape index (κ2) is 7.92. The molecule has 1 saturated heterocycles. The SMILES string of the molecule is CC(=O)c1cc2nc(N3CCC(CO)CC3)sc2cc1NC(=O)c1coc(C)n1. The lowest BCUT2D eigenvalue weighted by molar-refractivity contribution is 0.101. The van der Waals surface area contributed by atoms with Crippen molar-refractivity contribution >= 4 is 44.1 Å². The average molecular weight is 414 g/mol. The number of nitrogens with one attached hydrogen (secondary N) is 1. The zero-order valence-corrected chi connectivity index (χ0v) is 17.1. The summed E-state index contributed by atoms with van der Waals surface area (Å²) in [7, 11) is 0. The lowest BCUT2D eigenvalue weighted by Gasteiger charge is -2.30. The van der Waals surface area contributed by atoms with E-state index in [1.165, 1.54) is 24.5 Å². The third-order valence-electron chi connectivity index (χ3n) is 5.14. The molecule has 0 unspecified atom stereocenters. The number of carbonyl (C=O) groups is 2. The van der Waals surface area contributed by atoms with E-state index in [2.05, 4.69) is 15.2 Å². The Kier molecular flexibility index (Phi) is 5.33. The first-order chi connectivity index (χ1) is 13.9. The predicted molar refractivity (Wildman–Crippen MR) is 111 cm³/mol. The normalized spacial score (nSPS) is 15.1. The summed E-state index contributed by atoms with van der Waals surface area (Å²) in [4.78, 5) is 35.6. The van der Waals surface area contributed by atoms with Crippen molar-refractivity contribution in [3.05, 3.63) is 35.5 Å². The van der Waals surface area contributed by atoms with Crippen LogP contribution in [-0.4, -0.2) is 46.5 Å². The van der Waals surface area contributed by atoms with Crippen molar-refractivity contribution in [2.75, 3.05) is 29.9 Å². The van der Waals surface area contributed by atoms with Crippen molar-refractivity contribution in [3.8, 4) is 0 Å². The number of piperidine rings is 1. The fourth-order valence-electron chi connectivity index (χ4n) is 3.45. The monoisotopic (exact) mass is 414 g/mol. The maximum absolute atomic E-state index is 12.5. The highest BCUT2D eigenvalue weighted by molar-refractivity contribution is 7.22. The molecule has 0 atom stereocenters. The molecule has 9 heteroatoms. The number of aromatic nitrogens is 2. The molecule has 2 N–H and O–H groups in total. The maximum atomic E-state index is 12.5. The van der Waals surface area contributed by atoms with Gasteiger partial charge in [0.15, 0.2) is 22.5 Å². The summed E-state index contributed by atoms with van der Waals surface area (Å²) < 4.78 is 5.98. The number of aliphatic hydroxyl groups is 1. The molecule has 1 aliphatic rings. The highest BCUT2D eigenvalue weighted by Gasteiger charge is 2.22. The van der Waals surface area contributed by atoms with Gasteiger partial charge in [-0.15, -0.1) is 0 Å². The smallest absolute Gasteiger partial charge is 0.277 e. The zero-order chi connectivity index (χ0) is 20.5. The van der Waals surface area contributed by atoms with Crippen LogP contribution in [0.2, 0.25) is 0 Å². The first kappa shape index (κ1) is 19.5. The van der Waals surface area contributed by atoms with Crippen LogP contribution in [0.3, 0.4) is 0 Å². The van der Waals surface area contributed by atoms with Crippen LogP contribution >= 0.6 is 11.3 Å². The Morgan fingerprint density at radius 2 is 2.07 bits per heavy atom. The van der Waals surface area contributed by atoms with Crippen molar-refractivity contribution in [1.82, 2.24) is 9.97 Å². The molecule has 0 saturated carbocycles. The Balaban J connectivity index is 1.63. The van der Waals surface area contributed by atoms with Crippen LogP contribution in [0.4, 0.5) is 10.8 Å². The molecule has 3 aromatic rings. The van der Waals surface area contributed by atoms with E-state index in [4.69, 9.17) is 9.40 Å². The minimum absolute atomic E-state index is 0.156. The highest BCUT2D eigenvalue weighted by Crippen LogP contribution is 2.34. The molecule has 0 bridgehead atoms. The number of ketones is 1. The molecule has 1 fully saturated rings.